The van der Waals surface area contributed by atoms with Crippen molar-refractivity contribution in [2.24, 2.45) is 0 Å². The Morgan fingerprint density at radius 2 is 1.95 bits per heavy atom. The normalized spacial score (nSPS) is 25.0. The SMILES string of the molecule is CCC1(C(=O)N2Cc3ccccc3C2)CCCN1.Cl. The highest BCUT2D eigenvalue weighted by atomic mass is 35.5. The molecule has 1 aromatic rings. The molecule has 4 heteroatoms. The van der Waals surface area contributed by atoms with Crippen molar-refractivity contribution in [3.8, 4) is 0 Å². The van der Waals surface area contributed by atoms with Gasteiger partial charge in [-0.15, -0.1) is 12.4 Å². The third-order valence-corrected chi connectivity index (χ3v) is 4.38. The third kappa shape index (κ3) is 2.37. The van der Waals surface area contributed by atoms with Crippen LogP contribution in [0.5, 0.6) is 0 Å². The van der Waals surface area contributed by atoms with Gasteiger partial charge < -0.3 is 10.2 Å². The summed E-state index contributed by atoms with van der Waals surface area (Å²) in [6, 6.07) is 8.36. The van der Waals surface area contributed by atoms with E-state index in [0.29, 0.717) is 5.91 Å². The number of nitrogens with one attached hydrogen (secondary N) is 1. The molecule has 3 rings (SSSR count). The molecule has 0 saturated carbocycles. The van der Waals surface area contributed by atoms with E-state index in [1.807, 2.05) is 4.90 Å². The standard InChI is InChI=1S/C15H20N2O.ClH/c1-2-15(8-5-9-16-15)14(18)17-10-12-6-3-4-7-13(12)11-17;/h3-4,6-7,16H,2,5,8-11H2,1H3;1H. The second-order valence-electron chi connectivity index (χ2n) is 5.40. The van der Waals surface area contributed by atoms with Gasteiger partial charge in [0.2, 0.25) is 5.91 Å². The predicted molar refractivity (Wildman–Crippen MR) is 78.2 cm³/mol. The third-order valence-electron chi connectivity index (χ3n) is 4.38. The Balaban J connectivity index is 0.00000133. The Hall–Kier alpha value is -1.06. The van der Waals surface area contributed by atoms with Crippen molar-refractivity contribution in [2.45, 2.75) is 44.8 Å². The molecular formula is C15H21ClN2O. The van der Waals surface area contributed by atoms with Crippen LogP contribution in [0.4, 0.5) is 0 Å². The van der Waals surface area contributed by atoms with Crippen molar-refractivity contribution in [2.75, 3.05) is 6.54 Å². The summed E-state index contributed by atoms with van der Waals surface area (Å²) in [7, 11) is 0. The fourth-order valence-corrected chi connectivity index (χ4v) is 3.22. The van der Waals surface area contributed by atoms with Crippen LogP contribution in [0.3, 0.4) is 0 Å². The number of rotatable bonds is 2. The molecule has 0 aliphatic carbocycles. The van der Waals surface area contributed by atoms with Crippen LogP contribution in [0.1, 0.15) is 37.3 Å². The number of carbonyl (C=O) groups excluding carboxylic acids is 1. The van der Waals surface area contributed by atoms with E-state index < -0.39 is 0 Å². The van der Waals surface area contributed by atoms with Crippen molar-refractivity contribution in [1.82, 2.24) is 10.2 Å². The van der Waals surface area contributed by atoms with Gasteiger partial charge in [-0.1, -0.05) is 31.2 Å². The van der Waals surface area contributed by atoms with Crippen molar-refractivity contribution in [1.29, 1.82) is 0 Å². The first kappa shape index (κ1) is 14.4. The topological polar surface area (TPSA) is 32.3 Å². The Morgan fingerprint density at radius 1 is 1.32 bits per heavy atom. The number of hydrogen-bond donors (Lipinski definition) is 1. The van der Waals surface area contributed by atoms with Gasteiger partial charge in [-0.2, -0.15) is 0 Å². The number of amides is 1. The van der Waals surface area contributed by atoms with E-state index in [1.165, 1.54) is 11.1 Å². The number of carbonyl (C=O) groups is 1. The van der Waals surface area contributed by atoms with Crippen molar-refractivity contribution in [3.63, 3.8) is 0 Å². The average molecular weight is 281 g/mol. The minimum atomic E-state index is -0.290. The molecule has 0 radical (unpaired) electrons. The number of halogens is 1. The molecule has 19 heavy (non-hydrogen) atoms. The van der Waals surface area contributed by atoms with Gasteiger partial charge in [-0.25, -0.2) is 0 Å². The second kappa shape index (κ2) is 5.51. The lowest BCUT2D eigenvalue weighted by molar-refractivity contribution is -0.138. The van der Waals surface area contributed by atoms with Gasteiger partial charge in [0.25, 0.3) is 0 Å². The first-order chi connectivity index (χ1) is 8.75. The van der Waals surface area contributed by atoms with Gasteiger partial charge in [0, 0.05) is 13.1 Å². The number of nitrogens with zero attached hydrogens (tertiary/aromatic N) is 1. The Kier molecular flexibility index (Phi) is 4.16. The number of hydrogen-bond acceptors (Lipinski definition) is 2. The van der Waals surface area contributed by atoms with Crippen LogP contribution < -0.4 is 5.32 Å². The van der Waals surface area contributed by atoms with Gasteiger partial charge in [0.1, 0.15) is 0 Å². The summed E-state index contributed by atoms with van der Waals surface area (Å²) in [6.45, 7) is 4.64. The highest BCUT2D eigenvalue weighted by molar-refractivity contribution is 5.87. The van der Waals surface area contributed by atoms with E-state index in [-0.39, 0.29) is 17.9 Å². The van der Waals surface area contributed by atoms with E-state index in [4.69, 9.17) is 0 Å². The smallest absolute Gasteiger partial charge is 0.243 e. The van der Waals surface area contributed by atoms with Crippen LogP contribution in [0.25, 0.3) is 0 Å². The molecule has 1 atom stereocenters. The Bertz CT molecular complexity index is 444. The van der Waals surface area contributed by atoms with Gasteiger partial charge in [-0.05, 0) is 36.9 Å². The first-order valence-corrected chi connectivity index (χ1v) is 6.86. The minimum absolute atomic E-state index is 0. The molecule has 1 amide bonds. The molecule has 0 spiro atoms. The maximum absolute atomic E-state index is 12.7. The summed E-state index contributed by atoms with van der Waals surface area (Å²) in [6.07, 6.45) is 2.98. The lowest BCUT2D eigenvalue weighted by atomic mass is 9.92. The van der Waals surface area contributed by atoms with Gasteiger partial charge >= 0.3 is 0 Å². The Labute approximate surface area is 120 Å². The van der Waals surface area contributed by atoms with Gasteiger partial charge in [-0.3, -0.25) is 4.79 Å². The van der Waals surface area contributed by atoms with Crippen LogP contribution in [-0.4, -0.2) is 22.9 Å². The molecule has 2 aliphatic rings. The molecule has 1 aromatic carbocycles. The van der Waals surface area contributed by atoms with Crippen LogP contribution >= 0.6 is 12.4 Å². The van der Waals surface area contributed by atoms with Crippen LogP contribution in [0.15, 0.2) is 24.3 Å². The maximum Gasteiger partial charge on any atom is 0.243 e. The van der Waals surface area contributed by atoms with E-state index in [1.54, 1.807) is 0 Å². The van der Waals surface area contributed by atoms with Crippen molar-refractivity contribution in [3.05, 3.63) is 35.4 Å². The fraction of sp³-hybridized carbons (Fsp3) is 0.533. The maximum atomic E-state index is 12.7. The molecule has 1 fully saturated rings. The summed E-state index contributed by atoms with van der Waals surface area (Å²) in [5.41, 5.74) is 2.31. The second-order valence-corrected chi connectivity index (χ2v) is 5.40. The lowest BCUT2D eigenvalue weighted by Gasteiger charge is -2.31. The molecule has 2 heterocycles. The molecule has 0 aromatic heterocycles. The van der Waals surface area contributed by atoms with Crippen LogP contribution in [-0.2, 0) is 17.9 Å². The largest absolute Gasteiger partial charge is 0.332 e. The quantitative estimate of drug-likeness (QED) is 0.903. The lowest BCUT2D eigenvalue weighted by Crippen LogP contribution is -2.53. The summed E-state index contributed by atoms with van der Waals surface area (Å²) in [4.78, 5) is 14.7. The van der Waals surface area contributed by atoms with Gasteiger partial charge in [0.05, 0.1) is 5.54 Å². The zero-order valence-corrected chi connectivity index (χ0v) is 12.1. The minimum Gasteiger partial charge on any atom is -0.332 e. The van der Waals surface area contributed by atoms with Crippen molar-refractivity contribution < 1.29 is 4.79 Å². The van der Waals surface area contributed by atoms with E-state index in [9.17, 15) is 4.79 Å². The molecule has 1 saturated heterocycles. The average Bonchev–Trinajstić information content (AvgIpc) is 3.05. The molecule has 104 valence electrons. The molecular weight excluding hydrogens is 260 g/mol. The van der Waals surface area contributed by atoms with E-state index in [0.717, 1.165) is 38.9 Å². The highest BCUT2D eigenvalue weighted by Crippen LogP contribution is 2.30. The predicted octanol–water partition coefficient (Wildman–Crippen LogP) is 2.48. The van der Waals surface area contributed by atoms with Crippen molar-refractivity contribution >= 4 is 18.3 Å². The first-order valence-electron chi connectivity index (χ1n) is 6.86. The zero-order chi connectivity index (χ0) is 12.6. The summed E-state index contributed by atoms with van der Waals surface area (Å²) < 4.78 is 0. The monoisotopic (exact) mass is 280 g/mol. The van der Waals surface area contributed by atoms with Crippen LogP contribution in [0, 0.1) is 0 Å². The Morgan fingerprint density at radius 3 is 2.42 bits per heavy atom. The number of fused-ring (bicyclic) bond motifs is 1. The molecule has 3 nitrogen and oxygen atoms in total. The zero-order valence-electron chi connectivity index (χ0n) is 11.3. The van der Waals surface area contributed by atoms with E-state index >= 15 is 0 Å². The van der Waals surface area contributed by atoms with Gasteiger partial charge in [0.15, 0.2) is 0 Å². The van der Waals surface area contributed by atoms with Crippen LogP contribution in [0.2, 0.25) is 0 Å². The molecule has 0 bridgehead atoms. The summed E-state index contributed by atoms with van der Waals surface area (Å²) in [5.74, 6) is 0.290. The summed E-state index contributed by atoms with van der Waals surface area (Å²) in [5, 5.41) is 3.43. The molecule has 2 aliphatic heterocycles. The fourth-order valence-electron chi connectivity index (χ4n) is 3.22. The van der Waals surface area contributed by atoms with E-state index in [2.05, 4.69) is 36.5 Å². The number of benzene rings is 1. The molecule has 1 N–H and O–H groups in total. The molecule has 1 unspecified atom stereocenters. The highest BCUT2D eigenvalue weighted by Gasteiger charge is 2.42. The summed E-state index contributed by atoms with van der Waals surface area (Å²) >= 11 is 0.